The number of benzene rings is 1. The lowest BCUT2D eigenvalue weighted by molar-refractivity contribution is -0.139. The monoisotopic (exact) mass is 261 g/mol. The summed E-state index contributed by atoms with van der Waals surface area (Å²) in [5.41, 5.74) is 0.865. The number of Topliss-reactive ketones (excluding diaryl/α,β-unsaturated/α-hetero) is 2. The smallest absolute Gasteiger partial charge is 0.408 e. The maximum absolute atomic E-state index is 11.5. The average Bonchev–Trinajstić information content (AvgIpc) is 2.43. The Bertz CT molecular complexity index is 483. The van der Waals surface area contributed by atoms with Crippen LogP contribution < -0.4 is 5.32 Å². The van der Waals surface area contributed by atoms with Crippen LogP contribution in [0.5, 0.6) is 0 Å². The van der Waals surface area contributed by atoms with Crippen molar-refractivity contribution in [3.05, 3.63) is 35.9 Å². The number of ether oxygens (including phenoxy) is 1. The molecule has 1 aromatic carbocycles. The molecule has 5 heteroatoms. The third-order valence-corrected chi connectivity index (χ3v) is 2.99. The first-order valence-corrected chi connectivity index (χ1v) is 6.21. The van der Waals surface area contributed by atoms with E-state index in [1.807, 2.05) is 30.3 Å². The van der Waals surface area contributed by atoms with Crippen molar-refractivity contribution in [3.8, 4) is 0 Å². The predicted molar refractivity (Wildman–Crippen MR) is 67.4 cm³/mol. The van der Waals surface area contributed by atoms with Crippen LogP contribution in [0.1, 0.15) is 24.8 Å². The average molecular weight is 261 g/mol. The van der Waals surface area contributed by atoms with Crippen LogP contribution in [0.25, 0.3) is 0 Å². The van der Waals surface area contributed by atoms with Crippen LogP contribution >= 0.6 is 0 Å². The molecule has 0 aromatic heterocycles. The molecule has 5 nitrogen and oxygen atoms in total. The van der Waals surface area contributed by atoms with Crippen molar-refractivity contribution in [1.82, 2.24) is 5.32 Å². The molecule has 1 atom stereocenters. The van der Waals surface area contributed by atoms with E-state index in [1.165, 1.54) is 0 Å². The van der Waals surface area contributed by atoms with Gasteiger partial charge in [-0.15, -0.1) is 0 Å². The molecule has 0 spiro atoms. The number of hydrogen-bond donors (Lipinski definition) is 1. The number of carbonyl (C=O) groups is 3. The van der Waals surface area contributed by atoms with Crippen LogP contribution in [0.3, 0.4) is 0 Å². The van der Waals surface area contributed by atoms with Gasteiger partial charge in [-0.2, -0.15) is 0 Å². The Balaban J connectivity index is 1.81. The van der Waals surface area contributed by atoms with E-state index < -0.39 is 23.7 Å². The van der Waals surface area contributed by atoms with E-state index in [9.17, 15) is 14.4 Å². The van der Waals surface area contributed by atoms with Gasteiger partial charge in [-0.25, -0.2) is 4.79 Å². The van der Waals surface area contributed by atoms with Crippen LogP contribution in [-0.4, -0.2) is 23.7 Å². The van der Waals surface area contributed by atoms with Gasteiger partial charge >= 0.3 is 6.09 Å². The Labute approximate surface area is 110 Å². The molecule has 0 radical (unpaired) electrons. The summed E-state index contributed by atoms with van der Waals surface area (Å²) < 4.78 is 5.00. The van der Waals surface area contributed by atoms with Crippen LogP contribution in [0, 0.1) is 0 Å². The number of carbonyl (C=O) groups excluding carboxylic acids is 3. The number of rotatable bonds is 3. The van der Waals surface area contributed by atoms with Crippen LogP contribution in [0.15, 0.2) is 30.3 Å². The van der Waals surface area contributed by atoms with Crippen LogP contribution in [0.2, 0.25) is 0 Å². The minimum absolute atomic E-state index is 0.140. The summed E-state index contributed by atoms with van der Waals surface area (Å²) in [6.45, 7) is 0.140. The SMILES string of the molecule is O=C(NC1CCCC(=O)C1=O)OCc1ccccc1. The second-order valence-corrected chi connectivity index (χ2v) is 4.44. The van der Waals surface area contributed by atoms with Gasteiger partial charge in [-0.05, 0) is 18.4 Å². The molecule has 1 fully saturated rings. The van der Waals surface area contributed by atoms with E-state index in [4.69, 9.17) is 4.74 Å². The predicted octanol–water partition coefficient (Wildman–Crippen LogP) is 1.60. The van der Waals surface area contributed by atoms with Gasteiger partial charge < -0.3 is 10.1 Å². The zero-order valence-corrected chi connectivity index (χ0v) is 10.4. The fourth-order valence-corrected chi connectivity index (χ4v) is 1.96. The Morgan fingerprint density at radius 1 is 1.26 bits per heavy atom. The highest BCUT2D eigenvalue weighted by atomic mass is 16.5. The van der Waals surface area contributed by atoms with Gasteiger partial charge in [0.05, 0.1) is 6.04 Å². The lowest BCUT2D eigenvalue weighted by Crippen LogP contribution is -2.46. The quantitative estimate of drug-likeness (QED) is 0.839. The molecular formula is C14H15NO4. The standard InChI is InChI=1S/C14H15NO4/c16-12-8-4-7-11(13(12)17)15-14(18)19-9-10-5-2-1-3-6-10/h1-3,5-6,11H,4,7-9H2,(H,15,18). The normalized spacial score (nSPS) is 19.1. The van der Waals surface area contributed by atoms with Gasteiger partial charge in [-0.3, -0.25) is 9.59 Å². The molecule has 0 aliphatic heterocycles. The van der Waals surface area contributed by atoms with E-state index in [1.54, 1.807) is 0 Å². The summed E-state index contributed by atoms with van der Waals surface area (Å²) >= 11 is 0. The highest BCUT2D eigenvalue weighted by Crippen LogP contribution is 2.12. The Kier molecular flexibility index (Phi) is 4.28. The Morgan fingerprint density at radius 2 is 2.00 bits per heavy atom. The summed E-state index contributed by atoms with van der Waals surface area (Å²) in [6.07, 6.45) is 0.715. The molecule has 100 valence electrons. The van der Waals surface area contributed by atoms with Gasteiger partial charge in [0, 0.05) is 6.42 Å². The lowest BCUT2D eigenvalue weighted by Gasteiger charge is -2.20. The molecule has 19 heavy (non-hydrogen) atoms. The first-order valence-electron chi connectivity index (χ1n) is 6.21. The summed E-state index contributed by atoms with van der Waals surface area (Å²) in [6, 6.07) is 8.51. The van der Waals surface area contributed by atoms with Crippen molar-refractivity contribution in [1.29, 1.82) is 0 Å². The summed E-state index contributed by atoms with van der Waals surface area (Å²) in [7, 11) is 0. The molecule has 0 heterocycles. The lowest BCUT2D eigenvalue weighted by atomic mass is 9.93. The van der Waals surface area contributed by atoms with Gasteiger partial charge in [0.25, 0.3) is 0 Å². The third kappa shape index (κ3) is 3.64. The minimum atomic E-state index is -0.732. The molecule has 1 aromatic rings. The van der Waals surface area contributed by atoms with Crippen LogP contribution in [0.4, 0.5) is 4.79 Å². The second-order valence-electron chi connectivity index (χ2n) is 4.44. The molecule has 1 unspecified atom stereocenters. The largest absolute Gasteiger partial charge is 0.445 e. The molecule has 0 saturated heterocycles. The van der Waals surface area contributed by atoms with E-state index in [0.29, 0.717) is 12.8 Å². The van der Waals surface area contributed by atoms with Crippen molar-refractivity contribution in [3.63, 3.8) is 0 Å². The first-order chi connectivity index (χ1) is 9.16. The number of alkyl carbamates (subject to hydrolysis) is 1. The van der Waals surface area contributed by atoms with Gasteiger partial charge in [0.15, 0.2) is 0 Å². The topological polar surface area (TPSA) is 72.5 Å². The zero-order valence-electron chi connectivity index (χ0n) is 10.4. The van der Waals surface area contributed by atoms with E-state index >= 15 is 0 Å². The van der Waals surface area contributed by atoms with Gasteiger partial charge in [0.2, 0.25) is 11.6 Å². The second kappa shape index (κ2) is 6.13. The van der Waals surface area contributed by atoms with E-state index in [-0.39, 0.29) is 13.0 Å². The molecule has 2 rings (SSSR count). The van der Waals surface area contributed by atoms with Crippen molar-refractivity contribution >= 4 is 17.7 Å². The van der Waals surface area contributed by atoms with Crippen molar-refractivity contribution in [2.24, 2.45) is 0 Å². The Morgan fingerprint density at radius 3 is 2.74 bits per heavy atom. The number of ketones is 2. The zero-order chi connectivity index (χ0) is 13.7. The fraction of sp³-hybridized carbons (Fsp3) is 0.357. The first kappa shape index (κ1) is 13.3. The van der Waals surface area contributed by atoms with E-state index in [0.717, 1.165) is 5.56 Å². The highest BCUT2D eigenvalue weighted by molar-refractivity contribution is 6.39. The third-order valence-electron chi connectivity index (χ3n) is 2.99. The molecule has 1 aliphatic rings. The molecule has 1 saturated carbocycles. The van der Waals surface area contributed by atoms with Gasteiger partial charge in [-0.1, -0.05) is 30.3 Å². The number of nitrogens with one attached hydrogen (secondary N) is 1. The highest BCUT2D eigenvalue weighted by Gasteiger charge is 2.30. The summed E-state index contributed by atoms with van der Waals surface area (Å²) in [5, 5.41) is 2.44. The molecule has 1 N–H and O–H groups in total. The maximum Gasteiger partial charge on any atom is 0.408 e. The molecular weight excluding hydrogens is 246 g/mol. The minimum Gasteiger partial charge on any atom is -0.445 e. The van der Waals surface area contributed by atoms with Crippen molar-refractivity contribution in [2.45, 2.75) is 31.9 Å². The van der Waals surface area contributed by atoms with Crippen molar-refractivity contribution < 1.29 is 19.1 Å². The number of amides is 1. The molecule has 1 amide bonds. The van der Waals surface area contributed by atoms with Crippen molar-refractivity contribution in [2.75, 3.05) is 0 Å². The maximum atomic E-state index is 11.5. The van der Waals surface area contributed by atoms with Gasteiger partial charge in [0.1, 0.15) is 6.61 Å². The summed E-state index contributed by atoms with van der Waals surface area (Å²) in [5.74, 6) is -0.942. The molecule has 0 bridgehead atoms. The fourth-order valence-electron chi connectivity index (χ4n) is 1.96. The van der Waals surface area contributed by atoms with E-state index in [2.05, 4.69) is 5.32 Å². The number of hydrogen-bond acceptors (Lipinski definition) is 4. The Hall–Kier alpha value is -2.17. The summed E-state index contributed by atoms with van der Waals surface area (Å²) in [4.78, 5) is 34.3. The van der Waals surface area contributed by atoms with Crippen LogP contribution in [-0.2, 0) is 20.9 Å². The molecule has 1 aliphatic carbocycles.